The zero-order valence-corrected chi connectivity index (χ0v) is 19.7. The predicted molar refractivity (Wildman–Crippen MR) is 118 cm³/mol. The van der Waals surface area contributed by atoms with Crippen molar-refractivity contribution < 1.29 is 32.8 Å². The van der Waals surface area contributed by atoms with Gasteiger partial charge in [-0.2, -0.15) is 0 Å². The molecule has 0 unspecified atom stereocenters. The molecule has 172 valence electrons. The van der Waals surface area contributed by atoms with Crippen LogP contribution in [0.3, 0.4) is 0 Å². The van der Waals surface area contributed by atoms with Crippen LogP contribution in [0.25, 0.3) is 0 Å². The first-order valence-corrected chi connectivity index (χ1v) is 11.5. The van der Waals surface area contributed by atoms with Crippen LogP contribution in [0.4, 0.5) is 4.39 Å². The minimum absolute atomic E-state index is 0. The molecule has 1 N–H and O–H groups in total. The molecule has 2 heterocycles. The van der Waals surface area contributed by atoms with Crippen LogP contribution in [0.5, 0.6) is 0 Å². The molecule has 1 saturated heterocycles. The molecule has 0 bridgehead atoms. The highest BCUT2D eigenvalue weighted by molar-refractivity contribution is 7.90. The Labute approximate surface area is 185 Å². The molecule has 1 aliphatic heterocycles. The third-order valence-corrected chi connectivity index (χ3v) is 6.35. The second-order valence-corrected chi connectivity index (χ2v) is 10.0. The molecule has 3 rings (SSSR count). The van der Waals surface area contributed by atoms with Crippen LogP contribution >= 0.6 is 0 Å². The van der Waals surface area contributed by atoms with E-state index in [1.807, 2.05) is 32.4 Å². The van der Waals surface area contributed by atoms with Crippen LogP contribution in [0.15, 0.2) is 39.8 Å². The number of rotatable bonds is 4. The second kappa shape index (κ2) is 9.14. The molecule has 31 heavy (non-hydrogen) atoms. The number of amides is 1. The van der Waals surface area contributed by atoms with Gasteiger partial charge < -0.3 is 13.7 Å². The first-order chi connectivity index (χ1) is 14.2. The van der Waals surface area contributed by atoms with E-state index in [4.69, 9.17) is 13.7 Å². The number of furan rings is 1. The lowest BCUT2D eigenvalue weighted by Gasteiger charge is -2.32. The van der Waals surface area contributed by atoms with Gasteiger partial charge in [-0.25, -0.2) is 17.5 Å². The van der Waals surface area contributed by atoms with Gasteiger partial charge in [0, 0.05) is 1.43 Å². The summed E-state index contributed by atoms with van der Waals surface area (Å²) >= 11 is 0. The Morgan fingerprint density at radius 3 is 2.13 bits per heavy atom. The van der Waals surface area contributed by atoms with Gasteiger partial charge in [0.25, 0.3) is 15.9 Å². The van der Waals surface area contributed by atoms with E-state index in [9.17, 15) is 17.6 Å². The van der Waals surface area contributed by atoms with Gasteiger partial charge in [0.15, 0.2) is 0 Å². The number of nitrogens with one attached hydrogen (secondary N) is 1. The Morgan fingerprint density at radius 1 is 1.13 bits per heavy atom. The van der Waals surface area contributed by atoms with Gasteiger partial charge in [-0.1, -0.05) is 26.3 Å². The van der Waals surface area contributed by atoms with E-state index in [0.29, 0.717) is 11.2 Å². The van der Waals surface area contributed by atoms with Crippen molar-refractivity contribution in [3.05, 3.63) is 47.7 Å². The molecule has 0 spiro atoms. The van der Waals surface area contributed by atoms with Crippen LogP contribution in [0, 0.1) is 12.7 Å². The number of hydrogen-bond donors (Lipinski definition) is 1. The van der Waals surface area contributed by atoms with Crippen LogP contribution in [-0.4, -0.2) is 32.6 Å². The van der Waals surface area contributed by atoms with E-state index < -0.39 is 45.0 Å². The molecule has 1 aromatic heterocycles. The van der Waals surface area contributed by atoms with Gasteiger partial charge in [-0.3, -0.25) is 4.79 Å². The number of carbonyl (C=O) groups is 1. The van der Waals surface area contributed by atoms with E-state index in [1.165, 1.54) is 18.6 Å². The van der Waals surface area contributed by atoms with Gasteiger partial charge in [-0.15, -0.1) is 0 Å². The zero-order chi connectivity index (χ0) is 23.6. The van der Waals surface area contributed by atoms with Gasteiger partial charge in [-0.05, 0) is 58.3 Å². The molecule has 1 fully saturated rings. The summed E-state index contributed by atoms with van der Waals surface area (Å²) in [6, 6.07) is 4.88. The number of benzene rings is 1. The minimum atomic E-state index is -4.41. The van der Waals surface area contributed by atoms with E-state index in [0.717, 1.165) is 18.4 Å². The molecular formula is C21H31BFNO6S. The molecule has 1 aromatic carbocycles. The van der Waals surface area contributed by atoms with Crippen LogP contribution in [0.2, 0.25) is 0 Å². The molecule has 1 amide bonds. The van der Waals surface area contributed by atoms with Gasteiger partial charge in [0.2, 0.25) is 0 Å². The summed E-state index contributed by atoms with van der Waals surface area (Å²) in [4.78, 5) is 11.4. The molecule has 1 aliphatic rings. The average molecular weight is 455 g/mol. The van der Waals surface area contributed by atoms with Crippen LogP contribution < -0.4 is 10.2 Å². The van der Waals surface area contributed by atoms with E-state index >= 15 is 0 Å². The maximum absolute atomic E-state index is 14.6. The van der Waals surface area contributed by atoms with Gasteiger partial charge in [0.1, 0.15) is 22.7 Å². The third kappa shape index (κ3) is 5.55. The molecule has 10 heteroatoms. The highest BCUT2D eigenvalue weighted by Gasteiger charge is 2.51. The first kappa shape index (κ1) is 25.1. The summed E-state index contributed by atoms with van der Waals surface area (Å²) in [6.07, 6.45) is 2.37. The van der Waals surface area contributed by atoms with Crippen molar-refractivity contribution >= 4 is 28.5 Å². The standard InChI is InChI=1S/C18H21BFNO6S.C3H8.H2/c1-11-8-12(10-25-11)16(22)21-28(23,24)15-7-6-13(9-14(15)20)19-26-17(2,3)18(4,5)27-19;1-3-2;/h6-10H,1-5H3,(H,21,22);3H2,1-2H3;1H. The van der Waals surface area contributed by atoms with E-state index in [1.54, 1.807) is 6.92 Å². The van der Waals surface area contributed by atoms with Crippen molar-refractivity contribution in [2.45, 2.75) is 71.0 Å². The van der Waals surface area contributed by atoms with Crippen molar-refractivity contribution in [2.24, 2.45) is 0 Å². The number of aryl methyl sites for hydroxylation is 1. The van der Waals surface area contributed by atoms with Crippen molar-refractivity contribution in [1.29, 1.82) is 0 Å². The fourth-order valence-electron chi connectivity index (χ4n) is 2.66. The summed E-state index contributed by atoms with van der Waals surface area (Å²) in [5.74, 6) is -1.48. The van der Waals surface area contributed by atoms with Crippen molar-refractivity contribution in [2.75, 3.05) is 0 Å². The largest absolute Gasteiger partial charge is 0.494 e. The van der Waals surface area contributed by atoms with Crippen molar-refractivity contribution in [3.63, 3.8) is 0 Å². The third-order valence-electron chi connectivity index (χ3n) is 4.99. The Balaban J connectivity index is 0.00000121. The number of halogens is 1. The first-order valence-electron chi connectivity index (χ1n) is 10.0. The number of sulfonamides is 1. The fourth-order valence-corrected chi connectivity index (χ4v) is 3.69. The van der Waals surface area contributed by atoms with Crippen LogP contribution in [0.1, 0.15) is 65.5 Å². The van der Waals surface area contributed by atoms with Crippen LogP contribution in [-0.2, 0) is 19.3 Å². The lowest BCUT2D eigenvalue weighted by molar-refractivity contribution is 0.00578. The molecule has 0 atom stereocenters. The maximum atomic E-state index is 14.6. The summed E-state index contributed by atoms with van der Waals surface area (Å²) in [7, 11) is -5.25. The normalized spacial score (nSPS) is 17.1. The molecular weight excluding hydrogens is 424 g/mol. The van der Waals surface area contributed by atoms with Gasteiger partial charge >= 0.3 is 7.12 Å². The molecule has 0 aliphatic carbocycles. The van der Waals surface area contributed by atoms with Crippen molar-refractivity contribution in [3.8, 4) is 0 Å². The second-order valence-electron chi connectivity index (χ2n) is 8.37. The molecule has 0 saturated carbocycles. The quantitative estimate of drug-likeness (QED) is 0.705. The van der Waals surface area contributed by atoms with Gasteiger partial charge in [0.05, 0.1) is 16.8 Å². The molecule has 7 nitrogen and oxygen atoms in total. The number of hydrogen-bond acceptors (Lipinski definition) is 6. The topological polar surface area (TPSA) is 94.8 Å². The summed E-state index contributed by atoms with van der Waals surface area (Å²) in [6.45, 7) is 13.3. The summed E-state index contributed by atoms with van der Waals surface area (Å²) < 4.78 is 57.9. The van der Waals surface area contributed by atoms with E-state index in [-0.39, 0.29) is 6.99 Å². The minimum Gasteiger partial charge on any atom is -0.469 e. The highest BCUT2D eigenvalue weighted by atomic mass is 32.2. The Morgan fingerprint density at radius 2 is 1.68 bits per heavy atom. The Kier molecular flexibility index (Phi) is 7.40. The smallest absolute Gasteiger partial charge is 0.469 e. The van der Waals surface area contributed by atoms with Crippen molar-refractivity contribution in [1.82, 2.24) is 4.72 Å². The Bertz CT molecular complexity index is 1040. The molecule has 2 aromatic rings. The lowest BCUT2D eigenvalue weighted by Crippen LogP contribution is -2.41. The Hall–Kier alpha value is -2.17. The summed E-state index contributed by atoms with van der Waals surface area (Å²) in [5.41, 5.74) is -0.868. The molecule has 0 radical (unpaired) electrons. The summed E-state index contributed by atoms with van der Waals surface area (Å²) in [5, 5.41) is 0. The zero-order valence-electron chi connectivity index (χ0n) is 18.9. The highest BCUT2D eigenvalue weighted by Crippen LogP contribution is 2.36. The lowest BCUT2D eigenvalue weighted by atomic mass is 9.79. The average Bonchev–Trinajstić information content (AvgIpc) is 3.15. The fraction of sp³-hybridized carbons (Fsp3) is 0.476. The van der Waals surface area contributed by atoms with E-state index in [2.05, 4.69) is 13.8 Å². The number of carbonyl (C=O) groups excluding carboxylic acids is 1. The maximum Gasteiger partial charge on any atom is 0.494 e. The predicted octanol–water partition coefficient (Wildman–Crippen LogP) is 3.81. The SMILES string of the molecule is CCC.Cc1cc(C(=O)NS(=O)(=O)c2ccc(B3OC(C)(C)C(C)(C)O3)cc2F)co1.[HH]. The monoisotopic (exact) mass is 455 g/mol.